The minimum atomic E-state index is 0.447. The van der Waals surface area contributed by atoms with Crippen LogP contribution in [0, 0.1) is 0 Å². The second-order valence-corrected chi connectivity index (χ2v) is 2.97. The number of nitrogens with zero attached hydrogens (tertiary/aromatic N) is 6. The van der Waals surface area contributed by atoms with E-state index in [2.05, 4.69) is 25.4 Å². The number of halogens is 1. The average Bonchev–Trinajstić information content (AvgIpc) is 2.68. The number of aryl methyl sites for hydroxylation is 1. The summed E-state index contributed by atoms with van der Waals surface area (Å²) in [5.41, 5.74) is 2.78. The molecule has 0 spiro atoms. The van der Waals surface area contributed by atoms with Gasteiger partial charge in [0.15, 0.2) is 0 Å². The van der Waals surface area contributed by atoms with Crippen LogP contribution >= 0.6 is 11.6 Å². The molecule has 0 bridgehead atoms. The molecule has 2 aromatic rings. The monoisotopic (exact) mass is 222 g/mol. The molecule has 0 amide bonds. The largest absolute Gasteiger partial charge is 0.244 e. The lowest BCUT2D eigenvalue weighted by atomic mass is 10.1. The first-order chi connectivity index (χ1) is 7.31. The number of aromatic nitrogens is 6. The summed E-state index contributed by atoms with van der Waals surface area (Å²) < 4.78 is 0. The molecule has 0 N–H and O–H groups in total. The van der Waals surface area contributed by atoms with Gasteiger partial charge in [-0.1, -0.05) is 11.6 Å². The Morgan fingerprint density at radius 2 is 2.13 bits per heavy atom. The molecule has 0 saturated carbocycles. The van der Waals surface area contributed by atoms with Crippen LogP contribution in [0.1, 0.15) is 11.4 Å². The van der Waals surface area contributed by atoms with Crippen LogP contribution in [0.25, 0.3) is 5.57 Å². The van der Waals surface area contributed by atoms with E-state index in [1.54, 1.807) is 19.4 Å². The predicted octanol–water partition coefficient (Wildman–Crippen LogP) is 0.628. The van der Waals surface area contributed by atoms with Crippen molar-refractivity contribution in [3.8, 4) is 0 Å². The average molecular weight is 223 g/mol. The maximum absolute atomic E-state index is 5.71. The Morgan fingerprint density at radius 3 is 2.67 bits per heavy atom. The van der Waals surface area contributed by atoms with E-state index in [9.17, 15) is 0 Å². The summed E-state index contributed by atoms with van der Waals surface area (Å²) in [4.78, 5) is 9.15. The Bertz CT molecular complexity index is 477. The molecule has 7 heteroatoms. The maximum atomic E-state index is 5.71. The smallest absolute Gasteiger partial charge is 0.206 e. The molecular formula is C8H7ClN6. The Labute approximate surface area is 90.6 Å². The fourth-order valence-electron chi connectivity index (χ4n) is 1.07. The van der Waals surface area contributed by atoms with Crippen LogP contribution in [0.4, 0.5) is 0 Å². The van der Waals surface area contributed by atoms with Gasteiger partial charge in [-0.25, -0.2) is 9.97 Å². The van der Waals surface area contributed by atoms with E-state index in [1.165, 1.54) is 16.7 Å². The van der Waals surface area contributed by atoms with Gasteiger partial charge in [-0.15, -0.1) is 10.2 Å². The van der Waals surface area contributed by atoms with Gasteiger partial charge in [0.05, 0.1) is 7.05 Å². The van der Waals surface area contributed by atoms with Crippen molar-refractivity contribution in [3.63, 3.8) is 0 Å². The van der Waals surface area contributed by atoms with E-state index in [-0.39, 0.29) is 0 Å². The standard InChI is InChI=1S/C8H7ClN6/c1-15-13-8(12-14-15)7(2-9)6-3-10-5-11-4-6/h2-5H,1H3/b7-2-. The first-order valence-corrected chi connectivity index (χ1v) is 4.55. The predicted molar refractivity (Wildman–Crippen MR) is 53.8 cm³/mol. The normalized spacial score (nSPS) is 11.7. The molecule has 76 valence electrons. The van der Waals surface area contributed by atoms with Crippen molar-refractivity contribution in [2.75, 3.05) is 0 Å². The first-order valence-electron chi connectivity index (χ1n) is 4.11. The molecular weight excluding hydrogens is 216 g/mol. The van der Waals surface area contributed by atoms with Crippen molar-refractivity contribution in [2.24, 2.45) is 7.05 Å². The highest BCUT2D eigenvalue weighted by Gasteiger charge is 2.10. The third kappa shape index (κ3) is 1.99. The fourth-order valence-corrected chi connectivity index (χ4v) is 1.29. The van der Waals surface area contributed by atoms with Crippen LogP contribution in [0.15, 0.2) is 24.3 Å². The van der Waals surface area contributed by atoms with Gasteiger partial charge in [-0.05, 0) is 5.21 Å². The first kappa shape index (κ1) is 9.72. The van der Waals surface area contributed by atoms with Crippen LogP contribution in [-0.4, -0.2) is 30.2 Å². The lowest BCUT2D eigenvalue weighted by Crippen LogP contribution is -1.95. The molecule has 2 heterocycles. The Hall–Kier alpha value is -1.82. The quantitative estimate of drug-likeness (QED) is 0.745. The molecule has 2 aromatic heterocycles. The third-order valence-electron chi connectivity index (χ3n) is 1.73. The molecule has 6 nitrogen and oxygen atoms in total. The summed E-state index contributed by atoms with van der Waals surface area (Å²) in [6.07, 6.45) is 4.72. The van der Waals surface area contributed by atoms with E-state index >= 15 is 0 Å². The van der Waals surface area contributed by atoms with E-state index < -0.39 is 0 Å². The Kier molecular flexibility index (Phi) is 2.68. The van der Waals surface area contributed by atoms with Gasteiger partial charge >= 0.3 is 0 Å². The summed E-state index contributed by atoms with van der Waals surface area (Å²) >= 11 is 5.71. The van der Waals surface area contributed by atoms with Crippen molar-refractivity contribution in [2.45, 2.75) is 0 Å². The molecule has 0 aliphatic rings. The lowest BCUT2D eigenvalue weighted by molar-refractivity contribution is 0.629. The van der Waals surface area contributed by atoms with Crippen molar-refractivity contribution in [1.29, 1.82) is 0 Å². The minimum absolute atomic E-state index is 0.447. The van der Waals surface area contributed by atoms with Crippen molar-refractivity contribution >= 4 is 17.2 Å². The molecule has 0 aliphatic carbocycles. The van der Waals surface area contributed by atoms with Crippen LogP contribution < -0.4 is 0 Å². The molecule has 0 atom stereocenters. The van der Waals surface area contributed by atoms with Crippen molar-refractivity contribution in [3.05, 3.63) is 35.6 Å². The number of tetrazole rings is 1. The molecule has 2 rings (SSSR count). The molecule has 0 unspecified atom stereocenters. The van der Waals surface area contributed by atoms with E-state index in [0.717, 1.165) is 5.56 Å². The highest BCUT2D eigenvalue weighted by atomic mass is 35.5. The summed E-state index contributed by atoms with van der Waals surface area (Å²) in [7, 11) is 1.68. The van der Waals surface area contributed by atoms with Gasteiger partial charge in [0.1, 0.15) is 6.33 Å². The highest BCUT2D eigenvalue weighted by molar-refractivity contribution is 6.28. The van der Waals surface area contributed by atoms with Crippen LogP contribution in [-0.2, 0) is 7.05 Å². The van der Waals surface area contributed by atoms with E-state index in [0.29, 0.717) is 11.4 Å². The zero-order valence-corrected chi connectivity index (χ0v) is 8.63. The third-order valence-corrected chi connectivity index (χ3v) is 1.95. The lowest BCUT2D eigenvalue weighted by Gasteiger charge is -1.98. The van der Waals surface area contributed by atoms with Crippen molar-refractivity contribution < 1.29 is 0 Å². The SMILES string of the molecule is Cn1nnc(/C(=C\Cl)c2cncnc2)n1. The Balaban J connectivity index is 2.43. The maximum Gasteiger partial charge on any atom is 0.206 e. The van der Waals surface area contributed by atoms with Gasteiger partial charge in [0.2, 0.25) is 5.82 Å². The zero-order valence-electron chi connectivity index (χ0n) is 7.87. The van der Waals surface area contributed by atoms with Gasteiger partial charge in [0, 0.05) is 29.1 Å². The second-order valence-electron chi connectivity index (χ2n) is 2.75. The van der Waals surface area contributed by atoms with E-state index in [4.69, 9.17) is 11.6 Å². The molecule has 0 fully saturated rings. The number of rotatable bonds is 2. The molecule has 0 radical (unpaired) electrons. The fraction of sp³-hybridized carbons (Fsp3) is 0.125. The Morgan fingerprint density at radius 1 is 1.40 bits per heavy atom. The second kappa shape index (κ2) is 4.14. The topological polar surface area (TPSA) is 69.4 Å². The van der Waals surface area contributed by atoms with Gasteiger partial charge in [-0.2, -0.15) is 4.80 Å². The van der Waals surface area contributed by atoms with Crippen LogP contribution in [0.2, 0.25) is 0 Å². The highest BCUT2D eigenvalue weighted by Crippen LogP contribution is 2.18. The molecule has 0 saturated heterocycles. The van der Waals surface area contributed by atoms with Gasteiger partial charge in [0.25, 0.3) is 0 Å². The van der Waals surface area contributed by atoms with E-state index in [1.807, 2.05) is 0 Å². The number of hydrogen-bond donors (Lipinski definition) is 0. The molecule has 0 aromatic carbocycles. The van der Waals surface area contributed by atoms with Crippen LogP contribution in [0.5, 0.6) is 0 Å². The summed E-state index contributed by atoms with van der Waals surface area (Å²) in [6, 6.07) is 0. The van der Waals surface area contributed by atoms with Gasteiger partial charge < -0.3 is 0 Å². The summed E-state index contributed by atoms with van der Waals surface area (Å²) in [6.45, 7) is 0. The van der Waals surface area contributed by atoms with Crippen LogP contribution in [0.3, 0.4) is 0 Å². The minimum Gasteiger partial charge on any atom is -0.244 e. The molecule has 15 heavy (non-hydrogen) atoms. The zero-order chi connectivity index (χ0) is 10.7. The van der Waals surface area contributed by atoms with Gasteiger partial charge in [-0.3, -0.25) is 0 Å². The number of hydrogen-bond acceptors (Lipinski definition) is 5. The summed E-state index contributed by atoms with van der Waals surface area (Å²) in [5.74, 6) is 0.447. The van der Waals surface area contributed by atoms with Crippen molar-refractivity contribution in [1.82, 2.24) is 30.2 Å². The summed E-state index contributed by atoms with van der Waals surface area (Å²) in [5, 5.41) is 11.6. The molecule has 0 aliphatic heterocycles.